The molecule has 8 heteroatoms. The van der Waals surface area contributed by atoms with Gasteiger partial charge in [-0.15, -0.1) is 0 Å². The number of ether oxygens (including phenoxy) is 1. The largest absolute Gasteiger partial charge is 0.373 e. The Morgan fingerprint density at radius 1 is 1.20 bits per heavy atom. The highest BCUT2D eigenvalue weighted by molar-refractivity contribution is 5.93. The van der Waals surface area contributed by atoms with Gasteiger partial charge in [0.05, 0.1) is 43.0 Å². The Hall–Kier alpha value is -3.78. The van der Waals surface area contributed by atoms with Gasteiger partial charge in [0.2, 0.25) is 5.91 Å². The van der Waals surface area contributed by atoms with Crippen LogP contribution < -0.4 is 10.9 Å². The summed E-state index contributed by atoms with van der Waals surface area (Å²) in [6, 6.07) is 15.3. The highest BCUT2D eigenvalue weighted by Crippen LogP contribution is 2.30. The van der Waals surface area contributed by atoms with Crippen molar-refractivity contribution in [3.63, 3.8) is 0 Å². The summed E-state index contributed by atoms with van der Waals surface area (Å²) in [6.07, 6.45) is 3.60. The van der Waals surface area contributed by atoms with E-state index in [2.05, 4.69) is 26.4 Å². The molecule has 2 aromatic carbocycles. The molecule has 1 amide bonds. The predicted molar refractivity (Wildman–Crippen MR) is 112 cm³/mol. The summed E-state index contributed by atoms with van der Waals surface area (Å²) in [5.41, 5.74) is 3.66. The van der Waals surface area contributed by atoms with E-state index in [1.54, 1.807) is 10.7 Å². The summed E-state index contributed by atoms with van der Waals surface area (Å²) in [5.74, 6) is -0.161. The van der Waals surface area contributed by atoms with Crippen LogP contribution >= 0.6 is 0 Å². The molecule has 1 unspecified atom stereocenters. The number of carbonyl (C=O) groups is 1. The van der Waals surface area contributed by atoms with Gasteiger partial charge in [0.25, 0.3) is 5.56 Å². The lowest BCUT2D eigenvalue weighted by molar-refractivity contribution is -0.119. The number of benzene rings is 2. The second-order valence-electron chi connectivity index (χ2n) is 7.10. The molecule has 8 nitrogen and oxygen atoms in total. The van der Waals surface area contributed by atoms with Crippen LogP contribution in [0.25, 0.3) is 16.7 Å². The van der Waals surface area contributed by atoms with Crippen LogP contribution in [0.5, 0.6) is 0 Å². The number of amides is 1. The molecule has 0 saturated heterocycles. The van der Waals surface area contributed by atoms with Gasteiger partial charge in [-0.25, -0.2) is 9.67 Å². The van der Waals surface area contributed by atoms with Gasteiger partial charge in [-0.05, 0) is 29.7 Å². The van der Waals surface area contributed by atoms with E-state index < -0.39 is 0 Å². The molecule has 1 aliphatic heterocycles. The van der Waals surface area contributed by atoms with Crippen molar-refractivity contribution in [2.24, 2.45) is 0 Å². The number of carbonyl (C=O) groups excluding carboxylic acids is 1. The Kier molecular flexibility index (Phi) is 4.61. The van der Waals surface area contributed by atoms with Gasteiger partial charge in [0.15, 0.2) is 5.65 Å². The lowest BCUT2D eigenvalue weighted by Crippen LogP contribution is -2.22. The standard InChI is InChI=1S/C22H19N5O3/c28-20(11-19-15-6-2-1-5-14(15)9-10-30-19)26-17-7-3-4-8-18(17)27-21-16(12-25-27)22(29)24-13-23-21/h1-8,12-13,19H,9-11H2,(H,26,28)(H,23,24,29). The molecular formula is C22H19N5O3. The maximum atomic E-state index is 12.8. The lowest BCUT2D eigenvalue weighted by atomic mass is 9.95. The van der Waals surface area contributed by atoms with Crippen LogP contribution in [0.2, 0.25) is 0 Å². The number of hydrogen-bond acceptors (Lipinski definition) is 5. The van der Waals surface area contributed by atoms with Gasteiger partial charge in [-0.3, -0.25) is 9.59 Å². The molecule has 3 heterocycles. The van der Waals surface area contributed by atoms with Crippen molar-refractivity contribution in [2.45, 2.75) is 18.9 Å². The fourth-order valence-electron chi connectivity index (χ4n) is 3.81. The van der Waals surface area contributed by atoms with E-state index in [-0.39, 0.29) is 24.0 Å². The fourth-order valence-corrected chi connectivity index (χ4v) is 3.81. The minimum Gasteiger partial charge on any atom is -0.373 e. The third kappa shape index (κ3) is 3.27. The molecule has 1 aliphatic rings. The zero-order valence-electron chi connectivity index (χ0n) is 16.0. The van der Waals surface area contributed by atoms with Crippen LogP contribution in [0.1, 0.15) is 23.7 Å². The van der Waals surface area contributed by atoms with Gasteiger partial charge >= 0.3 is 0 Å². The average Bonchev–Trinajstić information content (AvgIpc) is 3.20. The van der Waals surface area contributed by atoms with Crippen LogP contribution in [-0.2, 0) is 16.0 Å². The van der Waals surface area contributed by atoms with Crippen LogP contribution in [0, 0.1) is 0 Å². The molecule has 5 rings (SSSR count). The quantitative estimate of drug-likeness (QED) is 0.547. The molecule has 30 heavy (non-hydrogen) atoms. The Morgan fingerprint density at radius 2 is 2.03 bits per heavy atom. The first-order chi connectivity index (χ1) is 14.7. The van der Waals surface area contributed by atoms with E-state index in [0.717, 1.165) is 12.0 Å². The van der Waals surface area contributed by atoms with E-state index in [1.807, 2.05) is 36.4 Å². The van der Waals surface area contributed by atoms with Crippen LogP contribution in [0.15, 0.2) is 65.8 Å². The van der Waals surface area contributed by atoms with Crippen molar-refractivity contribution >= 4 is 22.6 Å². The molecule has 1 atom stereocenters. The average molecular weight is 401 g/mol. The molecule has 0 saturated carbocycles. The van der Waals surface area contributed by atoms with Gasteiger partial charge in [0.1, 0.15) is 5.39 Å². The van der Waals surface area contributed by atoms with Crippen LogP contribution in [0.3, 0.4) is 0 Å². The van der Waals surface area contributed by atoms with Crippen molar-refractivity contribution < 1.29 is 9.53 Å². The summed E-state index contributed by atoms with van der Waals surface area (Å²) in [5, 5.41) is 7.64. The normalized spacial score (nSPS) is 15.7. The first kappa shape index (κ1) is 18.3. The minimum absolute atomic E-state index is 0.161. The van der Waals surface area contributed by atoms with E-state index in [4.69, 9.17) is 4.74 Å². The summed E-state index contributed by atoms with van der Waals surface area (Å²) < 4.78 is 7.41. The van der Waals surface area contributed by atoms with Gasteiger partial charge in [0, 0.05) is 0 Å². The van der Waals surface area contributed by atoms with Gasteiger partial charge in [-0.2, -0.15) is 5.10 Å². The second-order valence-corrected chi connectivity index (χ2v) is 7.10. The van der Waals surface area contributed by atoms with Crippen molar-refractivity contribution in [3.8, 4) is 5.69 Å². The second kappa shape index (κ2) is 7.57. The Bertz CT molecular complexity index is 1290. The van der Waals surface area contributed by atoms with E-state index in [0.29, 0.717) is 29.0 Å². The number of aromatic nitrogens is 4. The molecule has 0 fully saturated rings. The van der Waals surface area contributed by atoms with Gasteiger partial charge in [-0.1, -0.05) is 36.4 Å². The fraction of sp³-hybridized carbons (Fsp3) is 0.182. The summed E-state index contributed by atoms with van der Waals surface area (Å²) in [7, 11) is 0. The first-order valence-corrected chi connectivity index (χ1v) is 9.71. The van der Waals surface area contributed by atoms with Gasteiger partial charge < -0.3 is 15.0 Å². The molecule has 0 spiro atoms. The zero-order valence-corrected chi connectivity index (χ0v) is 16.0. The summed E-state index contributed by atoms with van der Waals surface area (Å²) in [4.78, 5) is 31.6. The highest BCUT2D eigenvalue weighted by atomic mass is 16.5. The smallest absolute Gasteiger partial charge is 0.261 e. The SMILES string of the molecule is O=C(CC1OCCc2ccccc21)Nc1ccccc1-n1ncc2c(=O)[nH]cnc21. The van der Waals surface area contributed by atoms with Crippen LogP contribution in [0.4, 0.5) is 5.69 Å². The molecular weight excluding hydrogens is 382 g/mol. The molecule has 2 N–H and O–H groups in total. The minimum atomic E-state index is -0.270. The monoisotopic (exact) mass is 401 g/mol. The maximum Gasteiger partial charge on any atom is 0.261 e. The van der Waals surface area contributed by atoms with E-state index in [1.165, 1.54) is 18.1 Å². The van der Waals surface area contributed by atoms with Crippen molar-refractivity contribution in [2.75, 3.05) is 11.9 Å². The highest BCUT2D eigenvalue weighted by Gasteiger charge is 2.23. The first-order valence-electron chi connectivity index (χ1n) is 9.71. The van der Waals surface area contributed by atoms with Crippen molar-refractivity contribution in [1.29, 1.82) is 0 Å². The number of anilines is 1. The molecule has 4 aromatic rings. The summed E-state index contributed by atoms with van der Waals surface area (Å²) >= 11 is 0. The third-order valence-corrected chi connectivity index (χ3v) is 5.24. The lowest BCUT2D eigenvalue weighted by Gasteiger charge is -2.25. The topological polar surface area (TPSA) is 102 Å². The van der Waals surface area contributed by atoms with E-state index in [9.17, 15) is 9.59 Å². The van der Waals surface area contributed by atoms with E-state index >= 15 is 0 Å². The molecule has 0 bridgehead atoms. The number of rotatable bonds is 4. The molecule has 0 radical (unpaired) electrons. The van der Waals surface area contributed by atoms with Crippen molar-refractivity contribution in [3.05, 3.63) is 82.5 Å². The number of nitrogens with one attached hydrogen (secondary N) is 2. The maximum absolute atomic E-state index is 12.8. The number of hydrogen-bond donors (Lipinski definition) is 2. The molecule has 2 aromatic heterocycles. The van der Waals surface area contributed by atoms with Crippen molar-refractivity contribution in [1.82, 2.24) is 19.7 Å². The molecule has 0 aliphatic carbocycles. The number of para-hydroxylation sites is 2. The number of H-pyrrole nitrogens is 1. The summed E-state index contributed by atoms with van der Waals surface area (Å²) in [6.45, 7) is 0.602. The third-order valence-electron chi connectivity index (χ3n) is 5.24. The number of aromatic amines is 1. The Balaban J connectivity index is 1.42. The zero-order chi connectivity index (χ0) is 20.5. The Morgan fingerprint density at radius 3 is 2.97 bits per heavy atom. The number of fused-ring (bicyclic) bond motifs is 2. The predicted octanol–water partition coefficient (Wildman–Crippen LogP) is 2.75. The Labute approximate surface area is 171 Å². The molecule has 150 valence electrons. The number of nitrogens with zero attached hydrogens (tertiary/aromatic N) is 3. The van der Waals surface area contributed by atoms with Crippen LogP contribution in [-0.4, -0.2) is 32.3 Å².